The van der Waals surface area contributed by atoms with Gasteiger partial charge in [-0.2, -0.15) is 0 Å². The zero-order valence-electron chi connectivity index (χ0n) is 17.5. The largest absolute Gasteiger partial charge is 0.494 e. The average Bonchev–Trinajstić information content (AvgIpc) is 2.75. The number of nitrogens with one attached hydrogen (secondary N) is 2. The number of benzene rings is 2. The molecule has 0 radical (unpaired) electrons. The molecule has 0 unspecified atom stereocenters. The van der Waals surface area contributed by atoms with Gasteiger partial charge in [-0.15, -0.1) is 0 Å². The number of rotatable bonds is 9. The number of carbonyl (C=O) groups is 2. The van der Waals surface area contributed by atoms with Crippen molar-refractivity contribution < 1.29 is 24.2 Å². The zero-order valence-corrected chi connectivity index (χ0v) is 19.1. The van der Waals surface area contributed by atoms with Crippen molar-refractivity contribution in [3.8, 4) is 5.75 Å². The van der Waals surface area contributed by atoms with Gasteiger partial charge in [-0.05, 0) is 62.7 Å². The van der Waals surface area contributed by atoms with Crippen LogP contribution in [0.3, 0.4) is 0 Å². The number of nitrogens with zero attached hydrogens (tertiary/aromatic N) is 1. The van der Waals surface area contributed by atoms with Crippen molar-refractivity contribution in [3.05, 3.63) is 52.5 Å². The third-order valence-corrected chi connectivity index (χ3v) is 5.30. The number of fused-ring (bicyclic) bond motifs is 1. The summed E-state index contributed by atoms with van der Waals surface area (Å²) in [6, 6.07) is 11.0. The van der Waals surface area contributed by atoms with Gasteiger partial charge in [0.25, 0.3) is 11.6 Å². The van der Waals surface area contributed by atoms with Gasteiger partial charge in [0.05, 0.1) is 12.3 Å². The second kappa shape index (κ2) is 10.1. The van der Waals surface area contributed by atoms with E-state index in [-0.39, 0.29) is 5.56 Å². The molecule has 3 N–H and O–H groups in total. The Balaban J connectivity index is 1.99. The smallest absolute Gasteiger partial charge is 0.329 e. The molecular formula is C22H26BrN3O5. The number of hydrogen-bond acceptors (Lipinski definition) is 5. The van der Waals surface area contributed by atoms with Gasteiger partial charge >= 0.3 is 6.03 Å². The number of hydrogen-bond donors (Lipinski definition) is 3. The van der Waals surface area contributed by atoms with Gasteiger partial charge in [0, 0.05) is 35.5 Å². The van der Waals surface area contributed by atoms with Crippen molar-refractivity contribution in [1.82, 2.24) is 5.32 Å². The molecule has 0 saturated heterocycles. The molecule has 2 aromatic rings. The molecule has 9 heteroatoms. The monoisotopic (exact) mass is 491 g/mol. The van der Waals surface area contributed by atoms with Crippen LogP contribution < -0.4 is 20.3 Å². The van der Waals surface area contributed by atoms with Gasteiger partial charge in [0.15, 0.2) is 0 Å². The van der Waals surface area contributed by atoms with E-state index in [0.29, 0.717) is 54.4 Å². The second-order valence-electron chi connectivity index (χ2n) is 6.86. The summed E-state index contributed by atoms with van der Waals surface area (Å²) in [4.78, 5) is 27.3. The van der Waals surface area contributed by atoms with Gasteiger partial charge in [-0.3, -0.25) is 9.69 Å². The molecule has 2 aromatic carbocycles. The molecule has 0 fully saturated rings. The van der Waals surface area contributed by atoms with E-state index in [1.54, 1.807) is 42.5 Å². The van der Waals surface area contributed by atoms with E-state index in [2.05, 4.69) is 26.6 Å². The van der Waals surface area contributed by atoms with E-state index in [1.165, 1.54) is 0 Å². The van der Waals surface area contributed by atoms with Crippen molar-refractivity contribution in [1.29, 1.82) is 0 Å². The maximum absolute atomic E-state index is 13.3. The summed E-state index contributed by atoms with van der Waals surface area (Å²) < 4.78 is 11.4. The Kier molecular flexibility index (Phi) is 7.53. The minimum Gasteiger partial charge on any atom is -0.494 e. The molecule has 1 aliphatic heterocycles. The standard InChI is InChI=1S/C22H26BrN3O5/c1-3-30-13-5-12-24-20(27)22(29)18-14-15(23)6-11-19(18)25-21(28)26(22)16-7-9-17(10-8-16)31-4-2/h6-11,14,29H,3-5,12-13H2,1-2H3,(H,24,27)(H,25,28)/t22-/m0/s1. The summed E-state index contributed by atoms with van der Waals surface area (Å²) >= 11 is 3.38. The Morgan fingerprint density at radius 1 is 1.19 bits per heavy atom. The molecule has 3 amide bonds. The van der Waals surface area contributed by atoms with Crippen LogP contribution in [0.1, 0.15) is 25.8 Å². The minimum atomic E-state index is -2.25. The van der Waals surface area contributed by atoms with Crippen molar-refractivity contribution >= 4 is 39.2 Å². The van der Waals surface area contributed by atoms with Crippen LogP contribution in [0.15, 0.2) is 46.9 Å². The Morgan fingerprint density at radius 2 is 1.94 bits per heavy atom. The highest BCUT2D eigenvalue weighted by Gasteiger charge is 2.52. The van der Waals surface area contributed by atoms with Crippen LogP contribution in [0.2, 0.25) is 0 Å². The van der Waals surface area contributed by atoms with E-state index >= 15 is 0 Å². The average molecular weight is 492 g/mol. The summed E-state index contributed by atoms with van der Waals surface area (Å²) in [6.45, 7) is 5.63. The molecular weight excluding hydrogens is 466 g/mol. The topological polar surface area (TPSA) is 100 Å². The van der Waals surface area contributed by atoms with Gasteiger partial charge < -0.3 is 25.2 Å². The van der Waals surface area contributed by atoms with Crippen LogP contribution in [-0.2, 0) is 15.3 Å². The minimum absolute atomic E-state index is 0.262. The third-order valence-electron chi connectivity index (χ3n) is 4.80. The highest BCUT2D eigenvalue weighted by Crippen LogP contribution is 2.41. The first-order valence-corrected chi connectivity index (χ1v) is 10.9. The molecule has 1 aliphatic rings. The predicted molar refractivity (Wildman–Crippen MR) is 121 cm³/mol. The molecule has 8 nitrogen and oxygen atoms in total. The van der Waals surface area contributed by atoms with Crippen molar-refractivity contribution in [2.75, 3.05) is 36.6 Å². The van der Waals surface area contributed by atoms with E-state index in [9.17, 15) is 14.7 Å². The Labute approximate surface area is 189 Å². The summed E-state index contributed by atoms with van der Waals surface area (Å²) in [6.07, 6.45) is 0.580. The SMILES string of the molecule is CCOCCCNC(=O)[C@@]1(O)c2cc(Br)ccc2NC(=O)N1c1ccc(OCC)cc1. The van der Waals surface area contributed by atoms with Crippen LogP contribution in [-0.4, -0.2) is 43.4 Å². The number of halogens is 1. The number of urea groups is 1. The third kappa shape index (κ3) is 4.84. The Bertz CT molecular complexity index is 937. The van der Waals surface area contributed by atoms with Gasteiger partial charge in [-0.25, -0.2) is 4.79 Å². The first-order valence-electron chi connectivity index (χ1n) is 10.1. The fourth-order valence-electron chi connectivity index (χ4n) is 3.38. The van der Waals surface area contributed by atoms with Crippen LogP contribution in [0, 0.1) is 0 Å². The lowest BCUT2D eigenvalue weighted by Gasteiger charge is -2.42. The fraction of sp³-hybridized carbons (Fsp3) is 0.364. The first kappa shape index (κ1) is 23.1. The predicted octanol–water partition coefficient (Wildman–Crippen LogP) is 3.59. The molecule has 1 heterocycles. The lowest BCUT2D eigenvalue weighted by Crippen LogP contribution is -2.62. The van der Waals surface area contributed by atoms with Crippen LogP contribution >= 0.6 is 15.9 Å². The lowest BCUT2D eigenvalue weighted by atomic mass is 9.94. The molecule has 3 rings (SSSR count). The Morgan fingerprint density at radius 3 is 2.61 bits per heavy atom. The highest BCUT2D eigenvalue weighted by molar-refractivity contribution is 9.10. The van der Waals surface area contributed by atoms with Crippen LogP contribution in [0.25, 0.3) is 0 Å². The summed E-state index contributed by atoms with van der Waals surface area (Å²) in [5.41, 5.74) is -1.28. The number of aliphatic hydroxyl groups is 1. The van der Waals surface area contributed by atoms with E-state index in [4.69, 9.17) is 9.47 Å². The van der Waals surface area contributed by atoms with E-state index in [1.807, 2.05) is 13.8 Å². The van der Waals surface area contributed by atoms with Crippen LogP contribution in [0.4, 0.5) is 16.2 Å². The van der Waals surface area contributed by atoms with Crippen molar-refractivity contribution in [2.24, 2.45) is 0 Å². The van der Waals surface area contributed by atoms with E-state index in [0.717, 1.165) is 4.90 Å². The normalized spacial score (nSPS) is 17.7. The maximum Gasteiger partial charge on any atom is 0.329 e. The molecule has 1 atom stereocenters. The lowest BCUT2D eigenvalue weighted by molar-refractivity contribution is -0.140. The Hall–Kier alpha value is -2.62. The van der Waals surface area contributed by atoms with Crippen molar-refractivity contribution in [3.63, 3.8) is 0 Å². The number of carbonyl (C=O) groups excluding carboxylic acids is 2. The van der Waals surface area contributed by atoms with Gasteiger partial charge in [-0.1, -0.05) is 15.9 Å². The second-order valence-corrected chi connectivity index (χ2v) is 7.78. The molecule has 166 valence electrons. The fourth-order valence-corrected chi connectivity index (χ4v) is 3.74. The van der Waals surface area contributed by atoms with Gasteiger partial charge in [0.1, 0.15) is 5.75 Å². The number of amides is 3. The summed E-state index contributed by atoms with van der Waals surface area (Å²) in [5, 5.41) is 17.2. The molecule has 0 aliphatic carbocycles. The molecule has 31 heavy (non-hydrogen) atoms. The van der Waals surface area contributed by atoms with Crippen molar-refractivity contribution in [2.45, 2.75) is 26.0 Å². The molecule has 0 bridgehead atoms. The zero-order chi connectivity index (χ0) is 22.4. The number of anilines is 2. The first-order chi connectivity index (χ1) is 14.9. The molecule has 0 spiro atoms. The molecule has 0 saturated carbocycles. The maximum atomic E-state index is 13.3. The number of ether oxygens (including phenoxy) is 2. The summed E-state index contributed by atoms with van der Waals surface area (Å²) in [7, 11) is 0. The summed E-state index contributed by atoms with van der Waals surface area (Å²) in [5.74, 6) is -0.0807. The van der Waals surface area contributed by atoms with E-state index < -0.39 is 17.7 Å². The highest BCUT2D eigenvalue weighted by atomic mass is 79.9. The quantitative estimate of drug-likeness (QED) is 0.465. The van der Waals surface area contributed by atoms with Gasteiger partial charge in [0.2, 0.25) is 0 Å². The molecule has 0 aromatic heterocycles. The van der Waals surface area contributed by atoms with Crippen LogP contribution in [0.5, 0.6) is 5.75 Å².